The van der Waals surface area contributed by atoms with Crippen LogP contribution in [0, 0.1) is 5.92 Å². The highest BCUT2D eigenvalue weighted by atomic mass is 19.4. The van der Waals surface area contributed by atoms with Crippen LogP contribution in [0.15, 0.2) is 24.3 Å². The molecule has 3 nitrogen and oxygen atoms in total. The average molecular weight is 274 g/mol. The lowest BCUT2D eigenvalue weighted by atomic mass is 10.1. The largest absolute Gasteiger partial charge is 0.573 e. The number of hydrogen-bond acceptors (Lipinski definition) is 3. The first-order valence-corrected chi connectivity index (χ1v) is 6.17. The van der Waals surface area contributed by atoms with Gasteiger partial charge in [-0.2, -0.15) is 0 Å². The molecule has 1 saturated heterocycles. The van der Waals surface area contributed by atoms with Crippen LogP contribution in [0.1, 0.15) is 12.5 Å². The van der Waals surface area contributed by atoms with Crippen LogP contribution in [-0.2, 0) is 6.54 Å². The van der Waals surface area contributed by atoms with Crippen LogP contribution in [0.2, 0.25) is 0 Å². The second-order valence-electron chi connectivity index (χ2n) is 4.99. The lowest BCUT2D eigenvalue weighted by molar-refractivity contribution is -0.275. The highest BCUT2D eigenvalue weighted by Crippen LogP contribution is 2.28. The van der Waals surface area contributed by atoms with Crippen LogP contribution in [-0.4, -0.2) is 30.4 Å². The van der Waals surface area contributed by atoms with E-state index >= 15 is 0 Å². The van der Waals surface area contributed by atoms with E-state index in [2.05, 4.69) is 4.74 Å². The van der Waals surface area contributed by atoms with Gasteiger partial charge in [-0.3, -0.25) is 4.90 Å². The zero-order valence-electron chi connectivity index (χ0n) is 10.7. The fourth-order valence-corrected chi connectivity index (χ4v) is 2.32. The molecule has 0 saturated carbocycles. The summed E-state index contributed by atoms with van der Waals surface area (Å²) in [5, 5.41) is 0. The Balaban J connectivity index is 2.08. The van der Waals surface area contributed by atoms with E-state index in [0.717, 1.165) is 6.54 Å². The van der Waals surface area contributed by atoms with Gasteiger partial charge in [0.2, 0.25) is 0 Å². The first-order valence-electron chi connectivity index (χ1n) is 6.17. The second kappa shape index (κ2) is 5.38. The van der Waals surface area contributed by atoms with E-state index < -0.39 is 6.36 Å². The van der Waals surface area contributed by atoms with Crippen molar-refractivity contribution in [2.45, 2.75) is 25.9 Å². The van der Waals surface area contributed by atoms with Crippen molar-refractivity contribution in [3.63, 3.8) is 0 Å². The molecule has 6 heteroatoms. The Morgan fingerprint density at radius 2 is 2.00 bits per heavy atom. The van der Waals surface area contributed by atoms with Gasteiger partial charge in [0.1, 0.15) is 5.75 Å². The molecule has 0 aliphatic carbocycles. The first-order chi connectivity index (χ1) is 8.85. The van der Waals surface area contributed by atoms with E-state index in [1.54, 1.807) is 12.1 Å². The van der Waals surface area contributed by atoms with Gasteiger partial charge in [-0.15, -0.1) is 13.2 Å². The van der Waals surface area contributed by atoms with Crippen molar-refractivity contribution in [3.8, 4) is 5.75 Å². The standard InChI is InChI=1S/C13H17F3N2O/c1-9-6-18(8-11(9)17)7-10-4-2-3-5-12(10)19-13(14,15)16/h2-5,9,11H,6-8,17H2,1H3. The summed E-state index contributed by atoms with van der Waals surface area (Å²) >= 11 is 0. The van der Waals surface area contributed by atoms with Crippen molar-refractivity contribution in [2.24, 2.45) is 11.7 Å². The maximum Gasteiger partial charge on any atom is 0.573 e. The molecule has 0 spiro atoms. The SMILES string of the molecule is CC1CN(Cc2ccccc2OC(F)(F)F)CC1N. The Bertz CT molecular complexity index is 426. The molecule has 2 rings (SSSR count). The lowest BCUT2D eigenvalue weighted by Crippen LogP contribution is -2.28. The third-order valence-electron chi connectivity index (χ3n) is 3.34. The zero-order valence-corrected chi connectivity index (χ0v) is 10.7. The van der Waals surface area contributed by atoms with Crippen molar-refractivity contribution in [3.05, 3.63) is 29.8 Å². The normalized spacial score (nSPS) is 24.7. The third kappa shape index (κ3) is 3.84. The number of halogens is 3. The van der Waals surface area contributed by atoms with Gasteiger partial charge in [-0.05, 0) is 12.0 Å². The van der Waals surface area contributed by atoms with E-state index in [9.17, 15) is 13.2 Å². The topological polar surface area (TPSA) is 38.5 Å². The number of benzene rings is 1. The monoisotopic (exact) mass is 274 g/mol. The van der Waals surface area contributed by atoms with Gasteiger partial charge in [0.05, 0.1) is 0 Å². The van der Waals surface area contributed by atoms with E-state index in [4.69, 9.17) is 5.73 Å². The molecule has 1 heterocycles. The van der Waals surface area contributed by atoms with Crippen molar-refractivity contribution in [1.82, 2.24) is 4.90 Å². The molecule has 2 N–H and O–H groups in total. The number of nitrogens with two attached hydrogens (primary N) is 1. The summed E-state index contributed by atoms with van der Waals surface area (Å²) in [5.41, 5.74) is 6.44. The van der Waals surface area contributed by atoms with Gasteiger partial charge in [0, 0.05) is 31.2 Å². The summed E-state index contributed by atoms with van der Waals surface area (Å²) in [6.45, 7) is 3.95. The molecule has 1 fully saturated rings. The predicted molar refractivity (Wildman–Crippen MR) is 65.5 cm³/mol. The Morgan fingerprint density at radius 3 is 2.58 bits per heavy atom. The highest BCUT2D eigenvalue weighted by Gasteiger charge is 2.33. The van der Waals surface area contributed by atoms with E-state index in [0.29, 0.717) is 24.6 Å². The van der Waals surface area contributed by atoms with Crippen LogP contribution in [0.25, 0.3) is 0 Å². The number of hydrogen-bond donors (Lipinski definition) is 1. The molecule has 19 heavy (non-hydrogen) atoms. The summed E-state index contributed by atoms with van der Waals surface area (Å²) < 4.78 is 40.9. The summed E-state index contributed by atoms with van der Waals surface area (Å²) in [7, 11) is 0. The van der Waals surface area contributed by atoms with Crippen LogP contribution in [0.4, 0.5) is 13.2 Å². The van der Waals surface area contributed by atoms with Gasteiger partial charge in [0.15, 0.2) is 0 Å². The molecular weight excluding hydrogens is 257 g/mol. The minimum atomic E-state index is -4.66. The quantitative estimate of drug-likeness (QED) is 0.919. The van der Waals surface area contributed by atoms with Crippen LogP contribution in [0.3, 0.4) is 0 Å². The van der Waals surface area contributed by atoms with E-state index in [-0.39, 0.29) is 11.8 Å². The summed E-state index contributed by atoms with van der Waals surface area (Å²) in [6.07, 6.45) is -4.66. The predicted octanol–water partition coefficient (Wildman–Crippen LogP) is 2.36. The Morgan fingerprint density at radius 1 is 1.32 bits per heavy atom. The van der Waals surface area contributed by atoms with Gasteiger partial charge < -0.3 is 10.5 Å². The zero-order chi connectivity index (χ0) is 14.0. The van der Waals surface area contributed by atoms with Crippen molar-refractivity contribution in [2.75, 3.05) is 13.1 Å². The molecule has 0 radical (unpaired) electrons. The first kappa shape index (κ1) is 14.1. The Kier molecular flexibility index (Phi) is 4.01. The smallest absolute Gasteiger partial charge is 0.405 e. The minimum absolute atomic E-state index is 0.0793. The Hall–Kier alpha value is -1.27. The van der Waals surface area contributed by atoms with Gasteiger partial charge in [-0.1, -0.05) is 25.1 Å². The van der Waals surface area contributed by atoms with Crippen LogP contribution < -0.4 is 10.5 Å². The fourth-order valence-electron chi connectivity index (χ4n) is 2.32. The summed E-state index contributed by atoms with van der Waals surface area (Å²) in [6, 6.07) is 6.30. The van der Waals surface area contributed by atoms with Crippen LogP contribution >= 0.6 is 0 Å². The summed E-state index contributed by atoms with van der Waals surface area (Å²) in [4.78, 5) is 2.05. The second-order valence-corrected chi connectivity index (χ2v) is 4.99. The maximum atomic E-state index is 12.3. The molecule has 1 aliphatic rings. The maximum absolute atomic E-state index is 12.3. The average Bonchev–Trinajstić information content (AvgIpc) is 2.59. The molecule has 2 atom stereocenters. The molecule has 0 bridgehead atoms. The highest BCUT2D eigenvalue weighted by molar-refractivity contribution is 5.33. The van der Waals surface area contributed by atoms with Crippen molar-refractivity contribution < 1.29 is 17.9 Å². The van der Waals surface area contributed by atoms with E-state index in [1.165, 1.54) is 12.1 Å². The molecule has 1 aliphatic heterocycles. The molecular formula is C13H17F3N2O. The number of rotatable bonds is 3. The molecule has 106 valence electrons. The van der Waals surface area contributed by atoms with Crippen molar-refractivity contribution in [1.29, 1.82) is 0 Å². The molecule has 0 aromatic heterocycles. The molecule has 1 aromatic carbocycles. The number of ether oxygens (including phenoxy) is 1. The fraction of sp³-hybridized carbons (Fsp3) is 0.538. The van der Waals surface area contributed by atoms with E-state index in [1.807, 2.05) is 11.8 Å². The third-order valence-corrected chi connectivity index (χ3v) is 3.34. The number of likely N-dealkylation sites (tertiary alicyclic amines) is 1. The Labute approximate surface area is 110 Å². The van der Waals surface area contributed by atoms with Gasteiger partial charge in [-0.25, -0.2) is 0 Å². The van der Waals surface area contributed by atoms with Crippen molar-refractivity contribution >= 4 is 0 Å². The van der Waals surface area contributed by atoms with Gasteiger partial charge in [0.25, 0.3) is 0 Å². The molecule has 0 amide bonds. The molecule has 2 unspecified atom stereocenters. The molecule has 1 aromatic rings. The number of alkyl halides is 3. The number of nitrogens with zero attached hydrogens (tertiary/aromatic N) is 1. The van der Waals surface area contributed by atoms with Gasteiger partial charge >= 0.3 is 6.36 Å². The lowest BCUT2D eigenvalue weighted by Gasteiger charge is -2.18. The minimum Gasteiger partial charge on any atom is -0.405 e. The van der Waals surface area contributed by atoms with Crippen LogP contribution in [0.5, 0.6) is 5.75 Å². The summed E-state index contributed by atoms with van der Waals surface area (Å²) in [5.74, 6) is 0.221. The number of para-hydroxylation sites is 1.